The fourth-order valence-corrected chi connectivity index (χ4v) is 2.24. The van der Waals surface area contributed by atoms with E-state index in [1.807, 2.05) is 0 Å². The van der Waals surface area contributed by atoms with Crippen molar-refractivity contribution in [2.24, 2.45) is 5.10 Å². The summed E-state index contributed by atoms with van der Waals surface area (Å²) >= 11 is 17.7. The minimum Gasteiger partial charge on any atom is -0.277 e. The SMILES string of the molecule is FC(F)(F)c1ccc(Cl)c(N/N=C\c2c(Cl)cccc2Cl)c1. The molecule has 1 N–H and O–H groups in total. The monoisotopic (exact) mass is 366 g/mol. The lowest BCUT2D eigenvalue weighted by atomic mass is 10.2. The van der Waals surface area contributed by atoms with E-state index in [4.69, 9.17) is 34.8 Å². The average molecular weight is 368 g/mol. The zero-order chi connectivity index (χ0) is 16.3. The van der Waals surface area contributed by atoms with Gasteiger partial charge in [0, 0.05) is 5.56 Å². The third kappa shape index (κ3) is 4.06. The van der Waals surface area contributed by atoms with E-state index >= 15 is 0 Å². The quantitative estimate of drug-likeness (QED) is 0.513. The van der Waals surface area contributed by atoms with E-state index in [9.17, 15) is 13.2 Å². The second-order valence-electron chi connectivity index (χ2n) is 4.20. The number of anilines is 1. The summed E-state index contributed by atoms with van der Waals surface area (Å²) in [5.74, 6) is 0. The van der Waals surface area contributed by atoms with Gasteiger partial charge >= 0.3 is 6.18 Å². The molecule has 2 aromatic rings. The van der Waals surface area contributed by atoms with Crippen LogP contribution in [-0.4, -0.2) is 6.21 Å². The molecule has 0 saturated heterocycles. The summed E-state index contributed by atoms with van der Waals surface area (Å²) in [5.41, 5.74) is 2.09. The molecule has 0 amide bonds. The third-order valence-corrected chi connectivity index (χ3v) is 3.66. The molecular formula is C14H8Cl3F3N2. The lowest BCUT2D eigenvalue weighted by Gasteiger charge is -2.10. The Morgan fingerprint density at radius 3 is 2.18 bits per heavy atom. The van der Waals surface area contributed by atoms with Gasteiger partial charge in [0.05, 0.1) is 32.5 Å². The lowest BCUT2D eigenvalue weighted by Crippen LogP contribution is -2.05. The van der Waals surface area contributed by atoms with Crippen LogP contribution in [0.4, 0.5) is 18.9 Å². The molecule has 8 heteroatoms. The lowest BCUT2D eigenvalue weighted by molar-refractivity contribution is -0.137. The molecule has 0 radical (unpaired) electrons. The van der Waals surface area contributed by atoms with E-state index < -0.39 is 11.7 Å². The van der Waals surface area contributed by atoms with Crippen molar-refractivity contribution in [1.29, 1.82) is 0 Å². The van der Waals surface area contributed by atoms with Crippen LogP contribution >= 0.6 is 34.8 Å². The number of nitrogens with zero attached hydrogens (tertiary/aromatic N) is 1. The first-order valence-corrected chi connectivity index (χ1v) is 7.02. The van der Waals surface area contributed by atoms with Crippen LogP contribution in [0.1, 0.15) is 11.1 Å². The molecule has 0 bridgehead atoms. The van der Waals surface area contributed by atoms with E-state index in [0.29, 0.717) is 15.6 Å². The largest absolute Gasteiger partial charge is 0.416 e. The third-order valence-electron chi connectivity index (χ3n) is 2.67. The van der Waals surface area contributed by atoms with Crippen LogP contribution in [0.25, 0.3) is 0 Å². The van der Waals surface area contributed by atoms with Crippen LogP contribution in [-0.2, 0) is 6.18 Å². The molecule has 0 aliphatic rings. The zero-order valence-electron chi connectivity index (χ0n) is 10.8. The molecule has 0 aliphatic carbocycles. The van der Waals surface area contributed by atoms with Gasteiger partial charge in [-0.3, -0.25) is 5.43 Å². The van der Waals surface area contributed by atoms with E-state index in [0.717, 1.165) is 18.2 Å². The molecule has 2 aromatic carbocycles. The van der Waals surface area contributed by atoms with Gasteiger partial charge in [-0.1, -0.05) is 40.9 Å². The first-order chi connectivity index (χ1) is 10.3. The molecule has 2 nitrogen and oxygen atoms in total. The normalized spacial score (nSPS) is 11.9. The minimum absolute atomic E-state index is 0.0240. The van der Waals surface area contributed by atoms with Gasteiger partial charge in [-0.2, -0.15) is 18.3 Å². The van der Waals surface area contributed by atoms with E-state index in [2.05, 4.69) is 10.5 Å². The van der Waals surface area contributed by atoms with Gasteiger partial charge in [-0.25, -0.2) is 0 Å². The fourth-order valence-electron chi connectivity index (χ4n) is 1.59. The molecule has 0 fully saturated rings. The molecule has 0 unspecified atom stereocenters. The van der Waals surface area contributed by atoms with E-state index in [1.54, 1.807) is 18.2 Å². The Kier molecular flexibility index (Phi) is 5.21. The molecule has 2 rings (SSSR count). The van der Waals surface area contributed by atoms with Crippen molar-refractivity contribution in [3.8, 4) is 0 Å². The van der Waals surface area contributed by atoms with Crippen molar-refractivity contribution in [3.63, 3.8) is 0 Å². The number of rotatable bonds is 3. The summed E-state index contributed by atoms with van der Waals surface area (Å²) in [5, 5.41) is 4.67. The summed E-state index contributed by atoms with van der Waals surface area (Å²) in [6.45, 7) is 0. The number of hydrogen-bond donors (Lipinski definition) is 1. The summed E-state index contributed by atoms with van der Waals surface area (Å²) in [4.78, 5) is 0. The number of benzene rings is 2. The van der Waals surface area contributed by atoms with Crippen molar-refractivity contribution in [1.82, 2.24) is 0 Å². The van der Waals surface area contributed by atoms with E-state index in [1.165, 1.54) is 6.21 Å². The highest BCUT2D eigenvalue weighted by Gasteiger charge is 2.30. The van der Waals surface area contributed by atoms with Crippen LogP contribution < -0.4 is 5.43 Å². The second-order valence-corrected chi connectivity index (χ2v) is 5.42. The molecule has 0 spiro atoms. The highest BCUT2D eigenvalue weighted by Crippen LogP contribution is 2.33. The first-order valence-electron chi connectivity index (χ1n) is 5.89. The number of nitrogens with one attached hydrogen (secondary N) is 1. The molecule has 0 saturated carbocycles. The highest BCUT2D eigenvalue weighted by molar-refractivity contribution is 6.38. The van der Waals surface area contributed by atoms with Gasteiger partial charge in [-0.15, -0.1) is 0 Å². The van der Waals surface area contributed by atoms with Crippen LogP contribution in [0.3, 0.4) is 0 Å². The van der Waals surface area contributed by atoms with Gasteiger partial charge < -0.3 is 0 Å². The van der Waals surface area contributed by atoms with Gasteiger partial charge in [0.2, 0.25) is 0 Å². The van der Waals surface area contributed by atoms with Crippen LogP contribution in [0.15, 0.2) is 41.5 Å². The van der Waals surface area contributed by atoms with Crippen molar-refractivity contribution in [3.05, 3.63) is 62.6 Å². The van der Waals surface area contributed by atoms with Crippen molar-refractivity contribution >= 4 is 46.7 Å². The second kappa shape index (κ2) is 6.77. The maximum absolute atomic E-state index is 12.6. The molecule has 0 atom stereocenters. The molecule has 22 heavy (non-hydrogen) atoms. The van der Waals surface area contributed by atoms with Crippen LogP contribution in [0.5, 0.6) is 0 Å². The average Bonchev–Trinajstić information content (AvgIpc) is 2.42. The molecule has 0 aliphatic heterocycles. The summed E-state index contributed by atoms with van der Waals surface area (Å²) < 4.78 is 37.9. The smallest absolute Gasteiger partial charge is 0.277 e. The van der Waals surface area contributed by atoms with Crippen LogP contribution in [0, 0.1) is 0 Å². The van der Waals surface area contributed by atoms with Gasteiger partial charge in [0.15, 0.2) is 0 Å². The predicted octanol–water partition coefficient (Wildman–Crippen LogP) is 6.11. The Bertz CT molecular complexity index is 695. The van der Waals surface area contributed by atoms with Gasteiger partial charge in [0.1, 0.15) is 0 Å². The predicted molar refractivity (Wildman–Crippen MR) is 84.1 cm³/mol. The van der Waals surface area contributed by atoms with E-state index in [-0.39, 0.29) is 10.7 Å². The van der Waals surface area contributed by atoms with Crippen molar-refractivity contribution in [2.75, 3.05) is 5.43 Å². The Labute approximate surface area is 139 Å². The maximum Gasteiger partial charge on any atom is 0.416 e. The van der Waals surface area contributed by atoms with Crippen molar-refractivity contribution < 1.29 is 13.2 Å². The van der Waals surface area contributed by atoms with Crippen LogP contribution in [0.2, 0.25) is 15.1 Å². The summed E-state index contributed by atoms with van der Waals surface area (Å²) in [6.07, 6.45) is -3.15. The topological polar surface area (TPSA) is 24.4 Å². The molecular weight excluding hydrogens is 360 g/mol. The Morgan fingerprint density at radius 2 is 1.59 bits per heavy atom. The number of hydrogen-bond acceptors (Lipinski definition) is 2. The maximum atomic E-state index is 12.6. The summed E-state index contributed by atoms with van der Waals surface area (Å²) in [7, 11) is 0. The summed E-state index contributed by atoms with van der Waals surface area (Å²) in [6, 6.07) is 7.80. The molecule has 0 heterocycles. The Hall–Kier alpha value is -1.43. The standard InChI is InChI=1S/C14H8Cl3F3N2/c15-10-2-1-3-11(16)9(10)7-21-22-13-6-8(14(18,19)20)4-5-12(13)17/h1-7,22H/b21-7-. The van der Waals surface area contributed by atoms with Gasteiger partial charge in [0.25, 0.3) is 0 Å². The fraction of sp³-hybridized carbons (Fsp3) is 0.0714. The van der Waals surface area contributed by atoms with Crippen molar-refractivity contribution in [2.45, 2.75) is 6.18 Å². The number of alkyl halides is 3. The number of hydrazone groups is 1. The minimum atomic E-state index is -4.46. The Balaban J connectivity index is 2.23. The number of halogens is 6. The first kappa shape index (κ1) is 16.9. The Morgan fingerprint density at radius 1 is 0.955 bits per heavy atom. The highest BCUT2D eigenvalue weighted by atomic mass is 35.5. The molecule has 116 valence electrons. The zero-order valence-corrected chi connectivity index (χ0v) is 13.0. The molecule has 0 aromatic heterocycles. The van der Waals surface area contributed by atoms with Gasteiger partial charge in [-0.05, 0) is 30.3 Å².